The van der Waals surface area contributed by atoms with Gasteiger partial charge in [0.05, 0.1) is 4.88 Å². The predicted molar refractivity (Wildman–Crippen MR) is 89.5 cm³/mol. The SMILES string of the molecule is O=C(O)Nc1ncc(-c2cccc(Nc3nccc(C(F)(F)F)n3)c2)s1. The third-order valence-corrected chi connectivity index (χ3v) is 4.03. The van der Waals surface area contributed by atoms with E-state index in [9.17, 15) is 18.0 Å². The Morgan fingerprint density at radius 2 is 2.00 bits per heavy atom. The minimum absolute atomic E-state index is 0.186. The molecule has 134 valence electrons. The van der Waals surface area contributed by atoms with Crippen molar-refractivity contribution in [1.29, 1.82) is 0 Å². The summed E-state index contributed by atoms with van der Waals surface area (Å²) in [6.45, 7) is 0. The largest absolute Gasteiger partial charge is 0.465 e. The summed E-state index contributed by atoms with van der Waals surface area (Å²) in [5.41, 5.74) is 0.138. The number of benzene rings is 1. The number of thiazole rings is 1. The van der Waals surface area contributed by atoms with Gasteiger partial charge in [-0.05, 0) is 23.8 Å². The zero-order valence-electron chi connectivity index (χ0n) is 12.8. The number of hydrogen-bond donors (Lipinski definition) is 3. The van der Waals surface area contributed by atoms with Crippen LogP contribution in [0.5, 0.6) is 0 Å². The molecule has 0 radical (unpaired) electrons. The zero-order chi connectivity index (χ0) is 18.7. The average Bonchev–Trinajstić information content (AvgIpc) is 3.02. The fourth-order valence-corrected chi connectivity index (χ4v) is 2.82. The molecule has 0 aliphatic carbocycles. The molecule has 0 saturated heterocycles. The second-order valence-electron chi connectivity index (χ2n) is 4.93. The number of aromatic nitrogens is 3. The first-order valence-electron chi connectivity index (χ1n) is 7.05. The van der Waals surface area contributed by atoms with Crippen LogP contribution in [0.2, 0.25) is 0 Å². The molecule has 0 bridgehead atoms. The number of nitrogens with zero attached hydrogens (tertiary/aromatic N) is 3. The minimum atomic E-state index is -4.56. The van der Waals surface area contributed by atoms with Crippen LogP contribution in [-0.2, 0) is 6.18 Å². The highest BCUT2D eigenvalue weighted by Gasteiger charge is 2.32. The molecule has 3 rings (SSSR count). The summed E-state index contributed by atoms with van der Waals surface area (Å²) in [6, 6.07) is 7.55. The van der Waals surface area contributed by atoms with E-state index in [2.05, 4.69) is 25.6 Å². The Balaban J connectivity index is 1.82. The van der Waals surface area contributed by atoms with Crippen LogP contribution in [0.1, 0.15) is 5.69 Å². The second-order valence-corrected chi connectivity index (χ2v) is 5.96. The highest BCUT2D eigenvalue weighted by molar-refractivity contribution is 7.19. The summed E-state index contributed by atoms with van der Waals surface area (Å²) in [4.78, 5) is 22.5. The molecule has 0 spiro atoms. The zero-order valence-corrected chi connectivity index (χ0v) is 13.6. The molecule has 0 atom stereocenters. The van der Waals surface area contributed by atoms with E-state index in [0.29, 0.717) is 16.1 Å². The third-order valence-electron chi connectivity index (χ3n) is 3.07. The van der Waals surface area contributed by atoms with Gasteiger partial charge in [0.1, 0.15) is 5.69 Å². The second kappa shape index (κ2) is 6.96. The number of hydrogen-bond acceptors (Lipinski definition) is 6. The first-order valence-corrected chi connectivity index (χ1v) is 7.86. The smallest absolute Gasteiger partial charge is 0.433 e. The van der Waals surface area contributed by atoms with Crippen LogP contribution < -0.4 is 10.6 Å². The van der Waals surface area contributed by atoms with Gasteiger partial charge in [0, 0.05) is 18.1 Å². The molecule has 2 heterocycles. The molecule has 1 aromatic carbocycles. The van der Waals surface area contributed by atoms with Crippen LogP contribution >= 0.6 is 11.3 Å². The molecule has 0 unspecified atom stereocenters. The van der Waals surface area contributed by atoms with Crippen LogP contribution in [0.3, 0.4) is 0 Å². The molecular formula is C15H10F3N5O2S. The quantitative estimate of drug-likeness (QED) is 0.617. The number of anilines is 3. The van der Waals surface area contributed by atoms with E-state index in [4.69, 9.17) is 5.11 Å². The highest BCUT2D eigenvalue weighted by Crippen LogP contribution is 2.31. The Bertz CT molecular complexity index is 945. The lowest BCUT2D eigenvalue weighted by Crippen LogP contribution is -2.10. The van der Waals surface area contributed by atoms with Crippen molar-refractivity contribution >= 4 is 34.2 Å². The molecule has 7 nitrogen and oxygen atoms in total. The van der Waals surface area contributed by atoms with Crippen LogP contribution in [0.25, 0.3) is 10.4 Å². The van der Waals surface area contributed by atoms with E-state index in [1.54, 1.807) is 24.3 Å². The van der Waals surface area contributed by atoms with Gasteiger partial charge in [0.25, 0.3) is 0 Å². The van der Waals surface area contributed by atoms with Gasteiger partial charge in [-0.25, -0.2) is 19.7 Å². The summed E-state index contributed by atoms with van der Waals surface area (Å²) in [5.74, 6) is -0.186. The molecule has 0 aliphatic rings. The first kappa shape index (κ1) is 17.6. The fraction of sp³-hybridized carbons (Fsp3) is 0.0667. The number of carbonyl (C=O) groups is 1. The normalized spacial score (nSPS) is 11.2. The minimum Gasteiger partial charge on any atom is -0.465 e. The number of rotatable bonds is 4. The van der Waals surface area contributed by atoms with Gasteiger partial charge in [0.15, 0.2) is 5.13 Å². The highest BCUT2D eigenvalue weighted by atomic mass is 32.1. The molecule has 3 N–H and O–H groups in total. The van der Waals surface area contributed by atoms with Crippen LogP contribution in [0.4, 0.5) is 34.7 Å². The van der Waals surface area contributed by atoms with E-state index in [1.807, 2.05) is 0 Å². The van der Waals surface area contributed by atoms with Crippen LogP contribution in [-0.4, -0.2) is 26.2 Å². The van der Waals surface area contributed by atoms with Crippen molar-refractivity contribution < 1.29 is 23.1 Å². The first-order chi connectivity index (χ1) is 12.3. The van der Waals surface area contributed by atoms with Crippen LogP contribution in [0.15, 0.2) is 42.7 Å². The number of halogens is 3. The summed E-state index contributed by atoms with van der Waals surface area (Å²) >= 11 is 1.12. The van der Waals surface area contributed by atoms with Gasteiger partial charge >= 0.3 is 12.3 Å². The maximum atomic E-state index is 12.7. The Morgan fingerprint density at radius 3 is 2.73 bits per heavy atom. The molecule has 26 heavy (non-hydrogen) atoms. The Morgan fingerprint density at radius 1 is 1.19 bits per heavy atom. The van der Waals surface area contributed by atoms with Gasteiger partial charge in [0.2, 0.25) is 5.95 Å². The monoisotopic (exact) mass is 381 g/mol. The molecule has 0 fully saturated rings. The lowest BCUT2D eigenvalue weighted by molar-refractivity contribution is -0.141. The number of carboxylic acid groups (broad SMARTS) is 1. The van der Waals surface area contributed by atoms with Gasteiger partial charge in [-0.2, -0.15) is 13.2 Å². The van der Waals surface area contributed by atoms with Crippen molar-refractivity contribution in [2.24, 2.45) is 0 Å². The lowest BCUT2D eigenvalue weighted by atomic mass is 10.2. The molecule has 1 amide bonds. The third kappa shape index (κ3) is 4.25. The van der Waals surface area contributed by atoms with Crippen LogP contribution in [0, 0.1) is 0 Å². The van der Waals surface area contributed by atoms with Crippen molar-refractivity contribution in [1.82, 2.24) is 15.0 Å². The van der Waals surface area contributed by atoms with Gasteiger partial charge in [-0.15, -0.1) is 0 Å². The maximum Gasteiger partial charge on any atom is 0.433 e. The van der Waals surface area contributed by atoms with E-state index in [-0.39, 0.29) is 11.1 Å². The van der Waals surface area contributed by atoms with Gasteiger partial charge < -0.3 is 10.4 Å². The maximum absolute atomic E-state index is 12.7. The summed E-state index contributed by atoms with van der Waals surface area (Å²) in [7, 11) is 0. The lowest BCUT2D eigenvalue weighted by Gasteiger charge is -2.09. The average molecular weight is 381 g/mol. The van der Waals surface area contributed by atoms with Crippen molar-refractivity contribution in [2.45, 2.75) is 6.18 Å². The van der Waals surface area contributed by atoms with Crippen molar-refractivity contribution in [3.05, 3.63) is 48.4 Å². The Hall–Kier alpha value is -3.21. The molecule has 3 aromatic rings. The predicted octanol–water partition coefficient (Wildman–Crippen LogP) is 4.45. The summed E-state index contributed by atoms with van der Waals surface area (Å²) in [5, 5.41) is 13.8. The Labute approximate surface area is 148 Å². The van der Waals surface area contributed by atoms with Crippen molar-refractivity contribution in [2.75, 3.05) is 10.6 Å². The van der Waals surface area contributed by atoms with Crippen molar-refractivity contribution in [3.63, 3.8) is 0 Å². The fourth-order valence-electron chi connectivity index (χ4n) is 2.01. The van der Waals surface area contributed by atoms with E-state index in [0.717, 1.165) is 23.6 Å². The number of nitrogens with one attached hydrogen (secondary N) is 2. The summed E-state index contributed by atoms with van der Waals surface area (Å²) in [6.07, 6.45) is -3.26. The topological polar surface area (TPSA) is 100 Å². The number of amides is 1. The molecule has 11 heteroatoms. The molecule has 2 aromatic heterocycles. The van der Waals surface area contributed by atoms with Gasteiger partial charge in [-0.1, -0.05) is 23.5 Å². The standard InChI is InChI=1S/C15H10F3N5O2S/c16-15(17,18)11-4-5-19-12(22-11)21-9-3-1-2-8(6-9)10-7-20-13(26-10)23-14(24)25/h1-7H,(H,20,23)(H,24,25)(H,19,21,22). The van der Waals surface area contributed by atoms with E-state index >= 15 is 0 Å². The van der Waals surface area contributed by atoms with Crippen molar-refractivity contribution in [3.8, 4) is 10.4 Å². The molecular weight excluding hydrogens is 371 g/mol. The van der Waals surface area contributed by atoms with Gasteiger partial charge in [-0.3, -0.25) is 5.32 Å². The van der Waals surface area contributed by atoms with E-state index in [1.165, 1.54) is 6.20 Å². The Kier molecular flexibility index (Phi) is 4.71. The molecule has 0 saturated carbocycles. The number of alkyl halides is 3. The summed E-state index contributed by atoms with van der Waals surface area (Å²) < 4.78 is 38.1. The molecule has 0 aliphatic heterocycles. The van der Waals surface area contributed by atoms with E-state index < -0.39 is 18.0 Å².